The van der Waals surface area contributed by atoms with Crippen LogP contribution in [0.1, 0.15) is 31.9 Å². The highest BCUT2D eigenvalue weighted by Gasteiger charge is 2.24. The van der Waals surface area contributed by atoms with Crippen LogP contribution in [0.3, 0.4) is 0 Å². The first-order valence-corrected chi connectivity index (χ1v) is 5.78. The Morgan fingerprint density at radius 1 is 1.44 bits per heavy atom. The smallest absolute Gasteiger partial charge is 0.126 e. The lowest BCUT2D eigenvalue weighted by atomic mass is 9.91. The standard InChI is InChI=1S/C13H20FNO2.ClH/c1-4-8(2)13(16)12(15)10-6-5-9(14)7-11(10)17-3;/h5-8,12-13,16H,4,15H2,1-3H3;1H/t8?,12-,13+;/m0./s1. The fourth-order valence-corrected chi connectivity index (χ4v) is 1.74. The first-order valence-electron chi connectivity index (χ1n) is 5.78. The summed E-state index contributed by atoms with van der Waals surface area (Å²) in [4.78, 5) is 0. The number of aliphatic hydroxyl groups excluding tert-OH is 1. The van der Waals surface area contributed by atoms with Crippen LogP contribution < -0.4 is 10.5 Å². The molecule has 0 aliphatic heterocycles. The summed E-state index contributed by atoms with van der Waals surface area (Å²) < 4.78 is 18.1. The van der Waals surface area contributed by atoms with E-state index in [-0.39, 0.29) is 24.1 Å². The summed E-state index contributed by atoms with van der Waals surface area (Å²) in [5.74, 6) is 0.0791. The van der Waals surface area contributed by atoms with Crippen LogP contribution in [0.4, 0.5) is 4.39 Å². The van der Waals surface area contributed by atoms with Gasteiger partial charge >= 0.3 is 0 Å². The molecule has 1 unspecified atom stereocenters. The Labute approximate surface area is 114 Å². The van der Waals surface area contributed by atoms with Gasteiger partial charge in [-0.2, -0.15) is 0 Å². The molecule has 0 aromatic heterocycles. The van der Waals surface area contributed by atoms with Crippen molar-refractivity contribution < 1.29 is 14.2 Å². The molecule has 18 heavy (non-hydrogen) atoms. The van der Waals surface area contributed by atoms with Crippen LogP contribution in [-0.2, 0) is 0 Å². The van der Waals surface area contributed by atoms with Gasteiger partial charge in [0.1, 0.15) is 11.6 Å². The molecule has 0 aliphatic rings. The van der Waals surface area contributed by atoms with Gasteiger partial charge in [0.15, 0.2) is 0 Å². The summed E-state index contributed by atoms with van der Waals surface area (Å²) in [6, 6.07) is 3.59. The molecule has 0 spiro atoms. The number of hydrogen-bond donors (Lipinski definition) is 2. The van der Waals surface area contributed by atoms with Crippen LogP contribution in [0, 0.1) is 11.7 Å². The van der Waals surface area contributed by atoms with Gasteiger partial charge in [0, 0.05) is 11.6 Å². The maximum atomic E-state index is 13.0. The molecule has 1 aromatic rings. The Morgan fingerprint density at radius 2 is 2.06 bits per heavy atom. The second-order valence-electron chi connectivity index (χ2n) is 4.29. The number of rotatable bonds is 5. The van der Waals surface area contributed by atoms with Crippen LogP contribution in [0.15, 0.2) is 18.2 Å². The van der Waals surface area contributed by atoms with Gasteiger partial charge in [-0.05, 0) is 12.0 Å². The second kappa shape index (κ2) is 7.56. The lowest BCUT2D eigenvalue weighted by Crippen LogP contribution is -2.31. The van der Waals surface area contributed by atoms with E-state index < -0.39 is 12.1 Å². The van der Waals surface area contributed by atoms with Crippen molar-refractivity contribution in [3.05, 3.63) is 29.6 Å². The van der Waals surface area contributed by atoms with Crippen LogP contribution >= 0.6 is 12.4 Å². The van der Waals surface area contributed by atoms with Gasteiger partial charge in [-0.1, -0.05) is 26.3 Å². The molecule has 1 rings (SSSR count). The van der Waals surface area contributed by atoms with E-state index in [0.29, 0.717) is 11.3 Å². The monoisotopic (exact) mass is 277 g/mol. The molecule has 0 saturated carbocycles. The summed E-state index contributed by atoms with van der Waals surface area (Å²) in [5.41, 5.74) is 6.62. The van der Waals surface area contributed by atoms with Crippen molar-refractivity contribution in [3.63, 3.8) is 0 Å². The van der Waals surface area contributed by atoms with E-state index >= 15 is 0 Å². The first kappa shape index (κ1) is 17.2. The highest BCUT2D eigenvalue weighted by Crippen LogP contribution is 2.29. The zero-order valence-corrected chi connectivity index (χ0v) is 11.7. The zero-order valence-electron chi connectivity index (χ0n) is 10.9. The van der Waals surface area contributed by atoms with Gasteiger partial charge in [-0.3, -0.25) is 0 Å². The van der Waals surface area contributed by atoms with Gasteiger partial charge in [0.2, 0.25) is 0 Å². The van der Waals surface area contributed by atoms with E-state index in [4.69, 9.17) is 10.5 Å². The van der Waals surface area contributed by atoms with Gasteiger partial charge in [-0.25, -0.2) is 4.39 Å². The quantitative estimate of drug-likeness (QED) is 0.870. The maximum Gasteiger partial charge on any atom is 0.126 e. The molecule has 3 nitrogen and oxygen atoms in total. The summed E-state index contributed by atoms with van der Waals surface area (Å²) in [6.07, 6.45) is 0.164. The van der Waals surface area contributed by atoms with Crippen molar-refractivity contribution in [2.45, 2.75) is 32.4 Å². The Bertz CT molecular complexity index is 376. The normalized spacial score (nSPS) is 15.4. The molecule has 0 aliphatic carbocycles. The predicted octanol–water partition coefficient (Wildman–Crippen LogP) is 2.66. The van der Waals surface area contributed by atoms with E-state index in [2.05, 4.69) is 0 Å². The molecular weight excluding hydrogens is 257 g/mol. The fourth-order valence-electron chi connectivity index (χ4n) is 1.74. The highest BCUT2D eigenvalue weighted by molar-refractivity contribution is 5.85. The largest absolute Gasteiger partial charge is 0.496 e. The van der Waals surface area contributed by atoms with E-state index in [1.165, 1.54) is 19.2 Å². The minimum atomic E-state index is -0.667. The third-order valence-electron chi connectivity index (χ3n) is 3.15. The fraction of sp³-hybridized carbons (Fsp3) is 0.538. The van der Waals surface area contributed by atoms with Crippen molar-refractivity contribution in [1.82, 2.24) is 0 Å². The molecule has 5 heteroatoms. The van der Waals surface area contributed by atoms with Crippen LogP contribution in [0.25, 0.3) is 0 Å². The third kappa shape index (κ3) is 3.83. The Hall–Kier alpha value is -0.840. The number of hydrogen-bond acceptors (Lipinski definition) is 3. The van der Waals surface area contributed by atoms with E-state index in [1.54, 1.807) is 6.07 Å². The van der Waals surface area contributed by atoms with Gasteiger partial charge in [0.25, 0.3) is 0 Å². The third-order valence-corrected chi connectivity index (χ3v) is 3.15. The summed E-state index contributed by atoms with van der Waals surface area (Å²) in [6.45, 7) is 3.92. The number of ether oxygens (including phenoxy) is 1. The van der Waals surface area contributed by atoms with Gasteiger partial charge in [-0.15, -0.1) is 12.4 Å². The second-order valence-corrected chi connectivity index (χ2v) is 4.29. The maximum absolute atomic E-state index is 13.0. The van der Waals surface area contributed by atoms with Crippen LogP contribution in [-0.4, -0.2) is 18.3 Å². The lowest BCUT2D eigenvalue weighted by molar-refractivity contribution is 0.0870. The minimum absolute atomic E-state index is 0. The number of nitrogens with two attached hydrogens (primary N) is 1. The number of methoxy groups -OCH3 is 1. The van der Waals surface area contributed by atoms with Crippen molar-refractivity contribution in [1.29, 1.82) is 0 Å². The molecule has 0 fully saturated rings. The van der Waals surface area contributed by atoms with Crippen molar-refractivity contribution in [2.24, 2.45) is 11.7 Å². The van der Waals surface area contributed by atoms with E-state index in [0.717, 1.165) is 6.42 Å². The average molecular weight is 278 g/mol. The van der Waals surface area contributed by atoms with Crippen LogP contribution in [0.2, 0.25) is 0 Å². The number of halogens is 2. The minimum Gasteiger partial charge on any atom is -0.496 e. The molecule has 0 bridgehead atoms. The molecule has 3 N–H and O–H groups in total. The first-order chi connectivity index (χ1) is 8.01. The predicted molar refractivity (Wildman–Crippen MR) is 72.6 cm³/mol. The SMILES string of the molecule is CCC(C)[C@@H](O)[C@@H](N)c1ccc(F)cc1OC.Cl. The Morgan fingerprint density at radius 3 is 2.56 bits per heavy atom. The van der Waals surface area contributed by atoms with Crippen molar-refractivity contribution >= 4 is 12.4 Å². The molecule has 3 atom stereocenters. The Kier molecular flexibility index (Phi) is 7.21. The molecule has 0 amide bonds. The highest BCUT2D eigenvalue weighted by atomic mass is 35.5. The summed E-state index contributed by atoms with van der Waals surface area (Å²) in [5, 5.41) is 10.1. The molecule has 0 heterocycles. The van der Waals surface area contributed by atoms with Gasteiger partial charge < -0.3 is 15.6 Å². The number of benzene rings is 1. The van der Waals surface area contributed by atoms with Crippen molar-refractivity contribution in [3.8, 4) is 5.75 Å². The van der Waals surface area contributed by atoms with Crippen LogP contribution in [0.5, 0.6) is 5.75 Å². The lowest BCUT2D eigenvalue weighted by Gasteiger charge is -2.25. The van der Waals surface area contributed by atoms with Gasteiger partial charge in [0.05, 0.1) is 19.3 Å². The topological polar surface area (TPSA) is 55.5 Å². The molecule has 0 saturated heterocycles. The van der Waals surface area contributed by atoms with Crippen molar-refractivity contribution in [2.75, 3.05) is 7.11 Å². The summed E-state index contributed by atoms with van der Waals surface area (Å²) in [7, 11) is 1.46. The molecular formula is C13H21ClFNO2. The average Bonchev–Trinajstić information content (AvgIpc) is 2.35. The van der Waals surface area contributed by atoms with E-state index in [9.17, 15) is 9.50 Å². The molecule has 0 radical (unpaired) electrons. The zero-order chi connectivity index (χ0) is 13.0. The molecule has 1 aromatic carbocycles. The molecule has 104 valence electrons. The summed E-state index contributed by atoms with van der Waals surface area (Å²) >= 11 is 0. The number of aliphatic hydroxyl groups is 1. The van der Waals surface area contributed by atoms with E-state index in [1.807, 2.05) is 13.8 Å². The Balaban J connectivity index is 0.00000289.